The highest BCUT2D eigenvalue weighted by Gasteiger charge is 2.27. The molecule has 1 rings (SSSR count). The third-order valence-corrected chi connectivity index (χ3v) is 2.55. The summed E-state index contributed by atoms with van der Waals surface area (Å²) in [5, 5.41) is 0. The van der Waals surface area contributed by atoms with Crippen LogP contribution in [-0.4, -0.2) is 32.1 Å². The number of hydrogen-bond donors (Lipinski definition) is 0. The fourth-order valence-electron chi connectivity index (χ4n) is 1.61. The van der Waals surface area contributed by atoms with Crippen molar-refractivity contribution in [1.82, 2.24) is 0 Å². The molecule has 0 saturated heterocycles. The lowest BCUT2D eigenvalue weighted by molar-refractivity contribution is -0.142. The molecule has 0 aliphatic rings. The zero-order chi connectivity index (χ0) is 16.2. The second-order valence-corrected chi connectivity index (χ2v) is 3.92. The van der Waals surface area contributed by atoms with Gasteiger partial charge in [-0.2, -0.15) is 0 Å². The minimum Gasteiger partial charge on any atom is -0.465 e. The van der Waals surface area contributed by atoms with Crippen molar-refractivity contribution < 1.29 is 33.0 Å². The molecule has 0 saturated carbocycles. The topological polar surface area (TPSA) is 109 Å². The van der Waals surface area contributed by atoms with Crippen molar-refractivity contribution in [1.29, 1.82) is 0 Å². The molecule has 0 atom stereocenters. The lowest BCUT2D eigenvalue weighted by atomic mass is 10.1. The maximum atomic E-state index is 12.3. The molecule has 1 aromatic heterocycles. The van der Waals surface area contributed by atoms with Crippen LogP contribution in [0.1, 0.15) is 39.2 Å². The van der Waals surface area contributed by atoms with Gasteiger partial charge in [0.25, 0.3) is 0 Å². The summed E-state index contributed by atoms with van der Waals surface area (Å²) in [5.41, 5.74) is -1.83. The molecule has 1 heterocycles. The van der Waals surface area contributed by atoms with Crippen LogP contribution < -0.4 is 5.43 Å². The van der Waals surface area contributed by atoms with E-state index in [1.165, 1.54) is 6.92 Å². The van der Waals surface area contributed by atoms with E-state index < -0.39 is 41.1 Å². The Labute approximate surface area is 119 Å². The second kappa shape index (κ2) is 6.69. The number of ether oxygens (including phenoxy) is 3. The molecule has 8 nitrogen and oxygen atoms in total. The Morgan fingerprint density at radius 2 is 1.57 bits per heavy atom. The summed E-state index contributed by atoms with van der Waals surface area (Å²) >= 11 is 0. The number of carbonyl (C=O) groups is 3. The average molecular weight is 298 g/mol. The zero-order valence-corrected chi connectivity index (χ0v) is 12.0. The highest BCUT2D eigenvalue weighted by molar-refractivity contribution is 5.96. The number of carbonyl (C=O) groups excluding carboxylic acids is 3. The van der Waals surface area contributed by atoms with Gasteiger partial charge in [-0.25, -0.2) is 9.59 Å². The Morgan fingerprint density at radius 3 is 2.05 bits per heavy atom. The normalized spacial score (nSPS) is 9.90. The first-order valence-corrected chi connectivity index (χ1v) is 5.80. The Bertz CT molecular complexity index is 640. The van der Waals surface area contributed by atoms with Gasteiger partial charge in [-0.1, -0.05) is 0 Å². The molecule has 0 aliphatic heterocycles. The fourth-order valence-corrected chi connectivity index (χ4v) is 1.61. The van der Waals surface area contributed by atoms with E-state index in [0.717, 1.165) is 21.1 Å². The molecular formula is C13H14O8. The van der Waals surface area contributed by atoms with E-state index in [-0.39, 0.29) is 11.5 Å². The van der Waals surface area contributed by atoms with Crippen LogP contribution in [0.4, 0.5) is 0 Å². The van der Waals surface area contributed by atoms with Crippen molar-refractivity contribution in [2.75, 3.05) is 14.2 Å². The lowest BCUT2D eigenvalue weighted by Gasteiger charge is -2.10. The van der Waals surface area contributed by atoms with Crippen LogP contribution in [0.25, 0.3) is 0 Å². The molecule has 0 radical (unpaired) electrons. The van der Waals surface area contributed by atoms with Crippen molar-refractivity contribution in [3.63, 3.8) is 0 Å². The molecule has 0 aliphatic carbocycles. The van der Waals surface area contributed by atoms with E-state index in [9.17, 15) is 19.2 Å². The van der Waals surface area contributed by atoms with Gasteiger partial charge >= 0.3 is 17.9 Å². The third-order valence-electron chi connectivity index (χ3n) is 2.55. The van der Waals surface area contributed by atoms with E-state index in [1.54, 1.807) is 0 Å². The van der Waals surface area contributed by atoms with Gasteiger partial charge in [0.15, 0.2) is 5.76 Å². The summed E-state index contributed by atoms with van der Waals surface area (Å²) in [6.07, 6.45) is 0. The quantitative estimate of drug-likeness (QED) is 0.586. The first-order chi connectivity index (χ1) is 9.83. The molecule has 0 unspecified atom stereocenters. The molecule has 0 spiro atoms. The molecular weight excluding hydrogens is 284 g/mol. The molecule has 114 valence electrons. The Morgan fingerprint density at radius 1 is 1.05 bits per heavy atom. The van der Waals surface area contributed by atoms with Crippen molar-refractivity contribution >= 4 is 17.9 Å². The number of esters is 3. The van der Waals surface area contributed by atoms with E-state index in [1.807, 2.05) is 0 Å². The minimum atomic E-state index is -1.00. The number of rotatable bonds is 4. The van der Waals surface area contributed by atoms with Crippen molar-refractivity contribution in [3.8, 4) is 0 Å². The maximum absolute atomic E-state index is 12.3. The van der Waals surface area contributed by atoms with Crippen LogP contribution in [0.2, 0.25) is 0 Å². The largest absolute Gasteiger partial charge is 0.465 e. The maximum Gasteiger partial charge on any atom is 0.345 e. The van der Waals surface area contributed by atoms with Crippen LogP contribution in [-0.2, 0) is 25.6 Å². The summed E-state index contributed by atoms with van der Waals surface area (Å²) in [6.45, 7) is 2.08. The predicted molar refractivity (Wildman–Crippen MR) is 67.9 cm³/mol. The molecule has 0 N–H and O–H groups in total. The van der Waals surface area contributed by atoms with Crippen molar-refractivity contribution in [3.05, 3.63) is 32.9 Å². The highest BCUT2D eigenvalue weighted by atomic mass is 16.5. The number of hydrogen-bond acceptors (Lipinski definition) is 8. The minimum absolute atomic E-state index is 0.0540. The Balaban J connectivity index is 3.52. The molecule has 0 aromatic carbocycles. The van der Waals surface area contributed by atoms with Gasteiger partial charge in [-0.05, 0) is 6.92 Å². The van der Waals surface area contributed by atoms with E-state index in [0.29, 0.717) is 0 Å². The standard InChI is InChI=1S/C13H14O8/c1-6-9(12(16)18-3)11(15)10(13(17)19-4)8(21-6)5-20-7(2)14/h5H2,1-4H3. The fraction of sp³-hybridized carbons (Fsp3) is 0.385. The van der Waals surface area contributed by atoms with Crippen molar-refractivity contribution in [2.45, 2.75) is 20.5 Å². The second-order valence-electron chi connectivity index (χ2n) is 3.92. The zero-order valence-electron chi connectivity index (χ0n) is 12.0. The van der Waals surface area contributed by atoms with E-state index >= 15 is 0 Å². The Hall–Kier alpha value is -2.64. The summed E-state index contributed by atoms with van der Waals surface area (Å²) in [6, 6.07) is 0. The average Bonchev–Trinajstić information content (AvgIpc) is 2.43. The molecule has 21 heavy (non-hydrogen) atoms. The van der Waals surface area contributed by atoms with Gasteiger partial charge in [0.1, 0.15) is 23.5 Å². The summed E-state index contributed by atoms with van der Waals surface area (Å²) in [5.74, 6) is -2.82. The van der Waals surface area contributed by atoms with Crippen LogP contribution in [0.3, 0.4) is 0 Å². The molecule has 1 aromatic rings. The van der Waals surface area contributed by atoms with Crippen LogP contribution in [0, 0.1) is 6.92 Å². The van der Waals surface area contributed by atoms with Crippen LogP contribution >= 0.6 is 0 Å². The van der Waals surface area contributed by atoms with E-state index in [2.05, 4.69) is 9.47 Å². The van der Waals surface area contributed by atoms with Gasteiger partial charge in [-0.15, -0.1) is 0 Å². The highest BCUT2D eigenvalue weighted by Crippen LogP contribution is 2.15. The van der Waals surface area contributed by atoms with Gasteiger partial charge in [-0.3, -0.25) is 9.59 Å². The number of aryl methyl sites for hydroxylation is 1. The van der Waals surface area contributed by atoms with Gasteiger partial charge in [0.05, 0.1) is 14.2 Å². The van der Waals surface area contributed by atoms with Gasteiger partial charge in [0, 0.05) is 6.92 Å². The summed E-state index contributed by atoms with van der Waals surface area (Å²) < 4.78 is 18.9. The monoisotopic (exact) mass is 298 g/mol. The van der Waals surface area contributed by atoms with Gasteiger partial charge < -0.3 is 18.6 Å². The van der Waals surface area contributed by atoms with Crippen LogP contribution in [0.15, 0.2) is 9.21 Å². The summed E-state index contributed by atoms with van der Waals surface area (Å²) in [7, 11) is 2.15. The third kappa shape index (κ3) is 3.47. The smallest absolute Gasteiger partial charge is 0.345 e. The molecule has 0 fully saturated rings. The van der Waals surface area contributed by atoms with Crippen molar-refractivity contribution in [2.24, 2.45) is 0 Å². The SMILES string of the molecule is COC(=O)c1c(C)oc(COC(C)=O)c(C(=O)OC)c1=O. The van der Waals surface area contributed by atoms with Gasteiger partial charge in [0.2, 0.25) is 5.43 Å². The first kappa shape index (κ1) is 16.4. The molecule has 8 heteroatoms. The molecule has 0 amide bonds. The van der Waals surface area contributed by atoms with Crippen LogP contribution in [0.5, 0.6) is 0 Å². The molecule has 0 bridgehead atoms. The number of methoxy groups -OCH3 is 2. The van der Waals surface area contributed by atoms with E-state index in [4.69, 9.17) is 9.15 Å². The first-order valence-electron chi connectivity index (χ1n) is 5.80. The Kier molecular flexibility index (Phi) is 5.23. The predicted octanol–water partition coefficient (Wildman–Crippen LogP) is 0.585. The lowest BCUT2D eigenvalue weighted by Crippen LogP contribution is -2.27. The summed E-state index contributed by atoms with van der Waals surface area (Å²) in [4.78, 5) is 46.4.